The molecule has 3 aromatic rings. The lowest BCUT2D eigenvalue weighted by Crippen LogP contribution is -2.43. The molecule has 0 radical (unpaired) electrons. The molecular formula is C28H33NO2. The third kappa shape index (κ3) is 5.82. The number of piperidine rings is 1. The number of nitrogens with zero attached hydrogens (tertiary/aromatic N) is 1. The van der Waals surface area contributed by atoms with Gasteiger partial charge in [-0.15, -0.1) is 0 Å². The second-order valence-corrected chi connectivity index (χ2v) is 8.49. The first kappa shape index (κ1) is 21.8. The van der Waals surface area contributed by atoms with Crippen LogP contribution in [0, 0.1) is 0 Å². The van der Waals surface area contributed by atoms with E-state index in [1.54, 1.807) is 6.92 Å². The highest BCUT2D eigenvalue weighted by molar-refractivity contribution is 5.30. The van der Waals surface area contributed by atoms with Crippen molar-refractivity contribution in [1.82, 2.24) is 4.90 Å². The molecule has 3 aromatic carbocycles. The highest BCUT2D eigenvalue weighted by Crippen LogP contribution is 2.31. The Kier molecular flexibility index (Phi) is 7.52. The van der Waals surface area contributed by atoms with E-state index in [4.69, 9.17) is 4.74 Å². The molecule has 2 unspecified atom stereocenters. The molecule has 3 nitrogen and oxygen atoms in total. The molecule has 1 fully saturated rings. The molecule has 0 bridgehead atoms. The summed E-state index contributed by atoms with van der Waals surface area (Å²) in [4.78, 5) is 2.50. The van der Waals surface area contributed by atoms with E-state index in [2.05, 4.69) is 77.7 Å². The van der Waals surface area contributed by atoms with Gasteiger partial charge in [0.2, 0.25) is 0 Å². The summed E-state index contributed by atoms with van der Waals surface area (Å²) in [7, 11) is 0. The summed E-state index contributed by atoms with van der Waals surface area (Å²) in [6.45, 7) is 3.86. The van der Waals surface area contributed by atoms with Crippen LogP contribution in [0.15, 0.2) is 84.9 Å². The first-order chi connectivity index (χ1) is 15.2. The SMILES string of the molecule is CC(O)c1ccc(CCN2CCCCC2OC(c2ccccc2)c2ccccc2)cc1. The topological polar surface area (TPSA) is 32.7 Å². The molecule has 3 heteroatoms. The zero-order valence-corrected chi connectivity index (χ0v) is 18.4. The maximum Gasteiger partial charge on any atom is 0.111 e. The number of benzene rings is 3. The first-order valence-electron chi connectivity index (χ1n) is 11.5. The van der Waals surface area contributed by atoms with Gasteiger partial charge in [0.15, 0.2) is 0 Å². The first-order valence-corrected chi connectivity index (χ1v) is 11.5. The highest BCUT2D eigenvalue weighted by Gasteiger charge is 2.27. The van der Waals surface area contributed by atoms with Crippen molar-refractivity contribution in [2.45, 2.75) is 51.0 Å². The molecule has 1 N–H and O–H groups in total. The van der Waals surface area contributed by atoms with Crippen LogP contribution in [0.4, 0.5) is 0 Å². The van der Waals surface area contributed by atoms with Crippen LogP contribution in [0.3, 0.4) is 0 Å². The molecular weight excluding hydrogens is 382 g/mol. The van der Waals surface area contributed by atoms with Crippen molar-refractivity contribution < 1.29 is 9.84 Å². The van der Waals surface area contributed by atoms with Gasteiger partial charge in [-0.3, -0.25) is 4.90 Å². The maximum absolute atomic E-state index is 9.73. The number of aliphatic hydroxyl groups is 1. The summed E-state index contributed by atoms with van der Waals surface area (Å²) in [6.07, 6.45) is 4.14. The maximum atomic E-state index is 9.73. The van der Waals surface area contributed by atoms with Gasteiger partial charge >= 0.3 is 0 Å². The molecule has 0 amide bonds. The normalized spacial score (nSPS) is 18.2. The largest absolute Gasteiger partial charge is 0.389 e. The van der Waals surface area contributed by atoms with Gasteiger partial charge in [-0.05, 0) is 54.9 Å². The molecule has 1 heterocycles. The standard InChI is InChI=1S/C28H33NO2/c1-22(30)24-17-15-23(16-18-24)19-21-29-20-9-8-14-27(29)31-28(25-10-4-2-5-11-25)26-12-6-3-7-13-26/h2-7,10-13,15-18,22,27-28,30H,8-9,14,19-21H2,1H3. The van der Waals surface area contributed by atoms with Crippen molar-refractivity contribution in [1.29, 1.82) is 0 Å². The molecule has 0 spiro atoms. The van der Waals surface area contributed by atoms with Gasteiger partial charge in [0.05, 0.1) is 6.10 Å². The minimum atomic E-state index is -0.415. The van der Waals surface area contributed by atoms with Gasteiger partial charge in [-0.25, -0.2) is 0 Å². The number of hydrogen-bond donors (Lipinski definition) is 1. The Morgan fingerprint density at radius 3 is 2.03 bits per heavy atom. The van der Waals surface area contributed by atoms with Gasteiger partial charge in [-0.2, -0.15) is 0 Å². The van der Waals surface area contributed by atoms with Gasteiger partial charge in [-0.1, -0.05) is 84.9 Å². The Labute approximate surface area is 186 Å². The molecule has 162 valence electrons. The molecule has 0 aromatic heterocycles. The van der Waals surface area contributed by atoms with Gasteiger partial charge in [0.25, 0.3) is 0 Å². The van der Waals surface area contributed by atoms with Crippen molar-refractivity contribution in [2.24, 2.45) is 0 Å². The second kappa shape index (κ2) is 10.7. The van der Waals surface area contributed by atoms with E-state index in [0.717, 1.165) is 31.5 Å². The monoisotopic (exact) mass is 415 g/mol. The van der Waals surface area contributed by atoms with Crippen LogP contribution in [0.2, 0.25) is 0 Å². The van der Waals surface area contributed by atoms with E-state index in [0.29, 0.717) is 0 Å². The third-order valence-electron chi connectivity index (χ3n) is 6.20. The van der Waals surface area contributed by atoms with Crippen molar-refractivity contribution in [3.05, 3.63) is 107 Å². The average molecular weight is 416 g/mol. The third-order valence-corrected chi connectivity index (χ3v) is 6.20. The molecule has 1 saturated heterocycles. The summed E-state index contributed by atoms with van der Waals surface area (Å²) in [5.41, 5.74) is 4.67. The zero-order valence-electron chi connectivity index (χ0n) is 18.4. The minimum Gasteiger partial charge on any atom is -0.389 e. The lowest BCUT2D eigenvalue weighted by molar-refractivity contribution is -0.105. The van der Waals surface area contributed by atoms with Crippen molar-refractivity contribution >= 4 is 0 Å². The molecule has 4 rings (SSSR count). The van der Waals surface area contributed by atoms with Gasteiger partial charge < -0.3 is 9.84 Å². The highest BCUT2D eigenvalue weighted by atomic mass is 16.5. The summed E-state index contributed by atoms with van der Waals surface area (Å²) < 4.78 is 6.81. The van der Waals surface area contributed by atoms with Crippen LogP contribution < -0.4 is 0 Å². The van der Waals surface area contributed by atoms with E-state index in [1.807, 2.05) is 12.1 Å². The molecule has 31 heavy (non-hydrogen) atoms. The molecule has 0 saturated carbocycles. The fraction of sp³-hybridized carbons (Fsp3) is 0.357. The Morgan fingerprint density at radius 1 is 0.839 bits per heavy atom. The molecule has 2 atom stereocenters. The smallest absolute Gasteiger partial charge is 0.111 e. The van der Waals surface area contributed by atoms with Crippen LogP contribution in [0.5, 0.6) is 0 Å². The van der Waals surface area contributed by atoms with Crippen LogP contribution in [-0.2, 0) is 11.2 Å². The number of aliphatic hydroxyl groups excluding tert-OH is 1. The summed E-state index contributed by atoms with van der Waals surface area (Å²) >= 11 is 0. The lowest BCUT2D eigenvalue weighted by atomic mass is 10.0. The number of hydrogen-bond acceptors (Lipinski definition) is 3. The number of likely N-dealkylation sites (tertiary alicyclic amines) is 1. The van der Waals surface area contributed by atoms with Crippen LogP contribution in [-0.4, -0.2) is 29.3 Å². The van der Waals surface area contributed by atoms with E-state index in [1.165, 1.54) is 29.5 Å². The van der Waals surface area contributed by atoms with Crippen molar-refractivity contribution in [3.63, 3.8) is 0 Å². The zero-order chi connectivity index (χ0) is 21.5. The van der Waals surface area contributed by atoms with Gasteiger partial charge in [0.1, 0.15) is 12.3 Å². The van der Waals surface area contributed by atoms with E-state index in [-0.39, 0.29) is 12.3 Å². The molecule has 0 aliphatic carbocycles. The van der Waals surface area contributed by atoms with Crippen LogP contribution in [0.1, 0.15) is 60.6 Å². The Hall–Kier alpha value is -2.46. The minimum absolute atomic E-state index is 0.0571. The van der Waals surface area contributed by atoms with Crippen LogP contribution in [0.25, 0.3) is 0 Å². The van der Waals surface area contributed by atoms with Crippen molar-refractivity contribution in [3.8, 4) is 0 Å². The fourth-order valence-corrected chi connectivity index (χ4v) is 4.37. The fourth-order valence-electron chi connectivity index (χ4n) is 4.37. The van der Waals surface area contributed by atoms with Crippen LogP contribution >= 0.6 is 0 Å². The predicted octanol–water partition coefficient (Wildman–Crippen LogP) is 5.90. The number of ether oxygens (including phenoxy) is 1. The van der Waals surface area contributed by atoms with E-state index >= 15 is 0 Å². The summed E-state index contributed by atoms with van der Waals surface area (Å²) in [5, 5.41) is 9.73. The second-order valence-electron chi connectivity index (χ2n) is 8.49. The Balaban J connectivity index is 1.46. The predicted molar refractivity (Wildman–Crippen MR) is 126 cm³/mol. The summed E-state index contributed by atoms with van der Waals surface area (Å²) in [5.74, 6) is 0. The Bertz CT molecular complexity index is 869. The Morgan fingerprint density at radius 2 is 1.45 bits per heavy atom. The van der Waals surface area contributed by atoms with E-state index in [9.17, 15) is 5.11 Å². The summed E-state index contributed by atoms with van der Waals surface area (Å²) in [6, 6.07) is 29.4. The average Bonchev–Trinajstić information content (AvgIpc) is 2.83. The van der Waals surface area contributed by atoms with Crippen molar-refractivity contribution in [2.75, 3.05) is 13.1 Å². The lowest BCUT2D eigenvalue weighted by Gasteiger charge is -2.38. The molecule has 1 aliphatic rings. The van der Waals surface area contributed by atoms with E-state index < -0.39 is 6.10 Å². The molecule has 1 aliphatic heterocycles. The number of rotatable bonds is 8. The van der Waals surface area contributed by atoms with Gasteiger partial charge in [0, 0.05) is 13.1 Å². The quantitative estimate of drug-likeness (QED) is 0.497.